The molecule has 2 aromatic rings. The summed E-state index contributed by atoms with van der Waals surface area (Å²) in [6.45, 7) is 1.99. The van der Waals surface area contributed by atoms with Crippen LogP contribution < -0.4 is 19.6 Å². The molecule has 160 valence electrons. The third kappa shape index (κ3) is 7.63. The lowest BCUT2D eigenvalue weighted by Crippen LogP contribution is -2.27. The van der Waals surface area contributed by atoms with E-state index in [9.17, 15) is 9.59 Å². The highest BCUT2D eigenvalue weighted by Gasteiger charge is 2.10. The Morgan fingerprint density at radius 1 is 1.03 bits per heavy atom. The molecule has 0 radical (unpaired) electrons. The summed E-state index contributed by atoms with van der Waals surface area (Å²) in [7, 11) is 3.31. The van der Waals surface area contributed by atoms with Gasteiger partial charge in [-0.2, -0.15) is 5.10 Å². The van der Waals surface area contributed by atoms with Crippen molar-refractivity contribution in [1.82, 2.24) is 10.3 Å². The number of rotatable bonds is 10. The Labute approximate surface area is 180 Å². The number of halogens is 1. The lowest BCUT2D eigenvalue weighted by Gasteiger charge is -2.14. The molecule has 2 amide bonds. The Morgan fingerprint density at radius 3 is 2.43 bits per heavy atom. The number of nitrogens with zero attached hydrogens (tertiary/aromatic N) is 2. The van der Waals surface area contributed by atoms with Gasteiger partial charge in [0.1, 0.15) is 5.75 Å². The van der Waals surface area contributed by atoms with E-state index in [0.29, 0.717) is 34.4 Å². The number of ether oxygens (including phenoxy) is 3. The van der Waals surface area contributed by atoms with Crippen LogP contribution in [0.1, 0.15) is 12.5 Å². The van der Waals surface area contributed by atoms with Gasteiger partial charge in [0.15, 0.2) is 24.7 Å². The van der Waals surface area contributed by atoms with Gasteiger partial charge in [-0.3, -0.25) is 9.59 Å². The van der Waals surface area contributed by atoms with Crippen molar-refractivity contribution in [1.29, 1.82) is 0 Å². The Kier molecular flexibility index (Phi) is 8.96. The number of carbonyl (C=O) groups is 2. The van der Waals surface area contributed by atoms with E-state index in [4.69, 9.17) is 25.8 Å². The molecule has 9 heteroatoms. The van der Waals surface area contributed by atoms with Crippen molar-refractivity contribution in [2.45, 2.75) is 6.92 Å². The first-order chi connectivity index (χ1) is 14.4. The maximum atomic E-state index is 11.8. The summed E-state index contributed by atoms with van der Waals surface area (Å²) in [5.41, 5.74) is 3.07. The summed E-state index contributed by atoms with van der Waals surface area (Å²) in [6.07, 6.45) is 1.47. The Hall–Kier alpha value is -3.26. The molecule has 8 nitrogen and oxygen atoms in total. The number of benzene rings is 2. The fourth-order valence-corrected chi connectivity index (χ4v) is 2.28. The molecule has 0 spiro atoms. The van der Waals surface area contributed by atoms with E-state index in [1.165, 1.54) is 11.1 Å². The first kappa shape index (κ1) is 23.0. The molecule has 2 rings (SSSR count). The first-order valence-corrected chi connectivity index (χ1v) is 9.57. The predicted octanol–water partition coefficient (Wildman–Crippen LogP) is 2.73. The summed E-state index contributed by atoms with van der Waals surface area (Å²) in [5, 5.41) is 4.50. The fourth-order valence-electron chi connectivity index (χ4n) is 2.15. The molecular formula is C21H24ClN3O5. The number of amides is 2. The highest BCUT2D eigenvalue weighted by atomic mass is 35.5. The Balaban J connectivity index is 1.90. The summed E-state index contributed by atoms with van der Waals surface area (Å²) in [6, 6.07) is 11.8. The Morgan fingerprint density at radius 2 is 1.77 bits per heavy atom. The van der Waals surface area contributed by atoms with Gasteiger partial charge in [-0.1, -0.05) is 11.6 Å². The van der Waals surface area contributed by atoms with Crippen LogP contribution in [0.5, 0.6) is 17.2 Å². The summed E-state index contributed by atoms with van der Waals surface area (Å²) in [4.78, 5) is 25.0. The number of hydrogen-bond donors (Lipinski definition) is 1. The number of carbonyl (C=O) groups excluding carboxylic acids is 2. The van der Waals surface area contributed by atoms with E-state index >= 15 is 0 Å². The van der Waals surface area contributed by atoms with Crippen LogP contribution in [0, 0.1) is 0 Å². The predicted molar refractivity (Wildman–Crippen MR) is 114 cm³/mol. The van der Waals surface area contributed by atoms with Crippen molar-refractivity contribution in [3.05, 3.63) is 53.1 Å². The van der Waals surface area contributed by atoms with Crippen molar-refractivity contribution in [3.8, 4) is 17.2 Å². The van der Waals surface area contributed by atoms with Crippen LogP contribution in [0.3, 0.4) is 0 Å². The molecule has 0 bridgehead atoms. The quantitative estimate of drug-likeness (QED) is 0.459. The zero-order chi connectivity index (χ0) is 21.9. The zero-order valence-electron chi connectivity index (χ0n) is 17.1. The normalized spacial score (nSPS) is 10.5. The Bertz CT molecular complexity index is 885. The second-order valence-corrected chi connectivity index (χ2v) is 6.69. The molecular weight excluding hydrogens is 410 g/mol. The van der Waals surface area contributed by atoms with E-state index in [-0.39, 0.29) is 19.1 Å². The van der Waals surface area contributed by atoms with E-state index in [2.05, 4.69) is 10.5 Å². The largest absolute Gasteiger partial charge is 0.490 e. The summed E-state index contributed by atoms with van der Waals surface area (Å²) >= 11 is 5.80. The summed E-state index contributed by atoms with van der Waals surface area (Å²) in [5.74, 6) is 0.887. The molecule has 0 aliphatic heterocycles. The lowest BCUT2D eigenvalue weighted by molar-refractivity contribution is -0.130. The monoisotopic (exact) mass is 433 g/mol. The van der Waals surface area contributed by atoms with Crippen molar-refractivity contribution < 1.29 is 23.8 Å². The molecule has 1 N–H and O–H groups in total. The van der Waals surface area contributed by atoms with Crippen molar-refractivity contribution in [3.63, 3.8) is 0 Å². The van der Waals surface area contributed by atoms with Crippen LogP contribution >= 0.6 is 11.6 Å². The number of hydrazone groups is 1. The van der Waals surface area contributed by atoms with Crippen molar-refractivity contribution >= 4 is 29.6 Å². The highest BCUT2D eigenvalue weighted by molar-refractivity contribution is 6.30. The topological polar surface area (TPSA) is 89.5 Å². The second kappa shape index (κ2) is 11.7. The molecule has 30 heavy (non-hydrogen) atoms. The number of nitrogens with one attached hydrogen (secondary N) is 1. The van der Waals surface area contributed by atoms with Gasteiger partial charge in [0.2, 0.25) is 0 Å². The van der Waals surface area contributed by atoms with Gasteiger partial charge in [0.05, 0.1) is 12.8 Å². The highest BCUT2D eigenvalue weighted by Crippen LogP contribution is 2.28. The maximum Gasteiger partial charge on any atom is 0.277 e. The molecule has 0 aromatic heterocycles. The molecule has 2 aromatic carbocycles. The standard InChI is InChI=1S/C21H24ClN3O5/c1-4-28-19-11-15(5-10-18(19)30-14-21(27)25(2)3)12-23-24-20(26)13-29-17-8-6-16(22)7-9-17/h5-12H,4,13-14H2,1-3H3,(H,24,26)/b23-12+. The number of hydrogen-bond acceptors (Lipinski definition) is 6. The average molecular weight is 434 g/mol. The zero-order valence-corrected chi connectivity index (χ0v) is 17.8. The molecule has 0 aliphatic carbocycles. The van der Waals surface area contributed by atoms with Gasteiger partial charge in [-0.15, -0.1) is 0 Å². The van der Waals surface area contributed by atoms with E-state index in [1.54, 1.807) is 56.6 Å². The fraction of sp³-hybridized carbons (Fsp3) is 0.286. The van der Waals surface area contributed by atoms with Crippen LogP contribution in [0.2, 0.25) is 5.02 Å². The van der Waals surface area contributed by atoms with Crippen molar-refractivity contribution in [2.24, 2.45) is 5.10 Å². The van der Waals surface area contributed by atoms with Crippen LogP contribution in [0.15, 0.2) is 47.6 Å². The van der Waals surface area contributed by atoms with Gasteiger partial charge in [0, 0.05) is 19.1 Å². The van der Waals surface area contributed by atoms with Crippen LogP contribution in [-0.2, 0) is 9.59 Å². The third-order valence-corrected chi connectivity index (χ3v) is 3.96. The van der Waals surface area contributed by atoms with Crippen LogP contribution in [0.4, 0.5) is 0 Å². The molecule has 0 saturated heterocycles. The smallest absolute Gasteiger partial charge is 0.277 e. The molecule has 0 aliphatic rings. The lowest BCUT2D eigenvalue weighted by atomic mass is 10.2. The molecule has 0 saturated carbocycles. The number of likely N-dealkylation sites (N-methyl/N-ethyl adjacent to an activating group) is 1. The van der Waals surface area contributed by atoms with Gasteiger partial charge in [0.25, 0.3) is 11.8 Å². The second-order valence-electron chi connectivity index (χ2n) is 6.25. The molecule has 0 unspecified atom stereocenters. The van der Waals surface area contributed by atoms with E-state index in [0.717, 1.165) is 0 Å². The van der Waals surface area contributed by atoms with Gasteiger partial charge >= 0.3 is 0 Å². The minimum Gasteiger partial charge on any atom is -0.490 e. The van der Waals surface area contributed by atoms with Crippen molar-refractivity contribution in [2.75, 3.05) is 33.9 Å². The first-order valence-electron chi connectivity index (χ1n) is 9.19. The summed E-state index contributed by atoms with van der Waals surface area (Å²) < 4.78 is 16.4. The van der Waals surface area contributed by atoms with Crippen LogP contribution in [-0.4, -0.2) is 56.8 Å². The molecule has 0 atom stereocenters. The maximum absolute atomic E-state index is 11.8. The molecule has 0 fully saturated rings. The molecule has 0 heterocycles. The minimum absolute atomic E-state index is 0.0931. The average Bonchev–Trinajstić information content (AvgIpc) is 2.72. The third-order valence-electron chi connectivity index (χ3n) is 3.70. The SMILES string of the molecule is CCOc1cc(/C=N/NC(=O)COc2ccc(Cl)cc2)ccc1OCC(=O)N(C)C. The van der Waals surface area contributed by atoms with Gasteiger partial charge in [-0.25, -0.2) is 5.43 Å². The van der Waals surface area contributed by atoms with E-state index < -0.39 is 5.91 Å². The van der Waals surface area contributed by atoms with Gasteiger partial charge < -0.3 is 19.1 Å². The van der Waals surface area contributed by atoms with E-state index in [1.807, 2.05) is 6.92 Å². The van der Waals surface area contributed by atoms with Crippen LogP contribution in [0.25, 0.3) is 0 Å². The minimum atomic E-state index is -0.409. The van der Waals surface area contributed by atoms with Gasteiger partial charge in [-0.05, 0) is 55.0 Å².